The van der Waals surface area contributed by atoms with Gasteiger partial charge in [-0.15, -0.1) is 0 Å². The highest BCUT2D eigenvalue weighted by molar-refractivity contribution is 9.10. The molecule has 2 rings (SSSR count). The van der Waals surface area contributed by atoms with Crippen molar-refractivity contribution in [3.8, 4) is 11.8 Å². The van der Waals surface area contributed by atoms with Crippen molar-refractivity contribution < 1.29 is 9.15 Å². The fourth-order valence-corrected chi connectivity index (χ4v) is 2.41. The third kappa shape index (κ3) is 4.88. The van der Waals surface area contributed by atoms with Crippen molar-refractivity contribution in [2.75, 3.05) is 6.54 Å². The molecule has 1 aromatic carbocycles. The average molecular weight is 394 g/mol. The minimum atomic E-state index is 0.136. The summed E-state index contributed by atoms with van der Waals surface area (Å²) in [6.07, 6.45) is 1.69. The minimum absolute atomic E-state index is 0.136. The van der Waals surface area contributed by atoms with Crippen LogP contribution in [0.3, 0.4) is 0 Å². The number of aromatic nitrogens is 1. The Bertz CT molecular complexity index is 617. The molecule has 114 valence electrons. The topological polar surface area (TPSA) is 47.3 Å². The van der Waals surface area contributed by atoms with Gasteiger partial charge in [0.2, 0.25) is 0 Å². The summed E-state index contributed by atoms with van der Waals surface area (Å²) in [6.45, 7) is 5.82. The van der Waals surface area contributed by atoms with Crippen LogP contribution < -0.4 is 10.1 Å². The zero-order valence-electron chi connectivity index (χ0n) is 11.6. The zero-order chi connectivity index (χ0) is 15.4. The molecule has 1 aromatic heterocycles. The van der Waals surface area contributed by atoms with Gasteiger partial charge in [-0.25, -0.2) is 0 Å². The van der Waals surface area contributed by atoms with E-state index in [0.717, 1.165) is 12.2 Å². The van der Waals surface area contributed by atoms with Crippen LogP contribution >= 0.6 is 39.1 Å². The third-order valence-electron chi connectivity index (χ3n) is 2.56. The van der Waals surface area contributed by atoms with Gasteiger partial charge < -0.3 is 14.5 Å². The first kappa shape index (κ1) is 16.6. The van der Waals surface area contributed by atoms with Crippen LogP contribution in [0.2, 0.25) is 10.0 Å². The van der Waals surface area contributed by atoms with E-state index in [1.807, 2.05) is 0 Å². The maximum atomic E-state index is 6.08. The molecule has 0 fully saturated rings. The normalized spacial score (nSPS) is 11.1. The number of ether oxygens (including phenoxy) is 1. The number of benzene rings is 1. The Hall–Kier alpha value is -0.750. The van der Waals surface area contributed by atoms with Crippen molar-refractivity contribution in [2.45, 2.75) is 20.4 Å². The highest BCUT2D eigenvalue weighted by Gasteiger charge is 2.11. The number of hydrogen-bond acceptors (Lipinski definition) is 4. The largest absolute Gasteiger partial charge is 0.417 e. The summed E-state index contributed by atoms with van der Waals surface area (Å²) in [5.41, 5.74) is 0.769. The lowest BCUT2D eigenvalue weighted by Crippen LogP contribution is -2.19. The molecule has 2 aromatic rings. The maximum Gasteiger partial charge on any atom is 0.399 e. The van der Waals surface area contributed by atoms with Gasteiger partial charge in [-0.05, 0) is 34.5 Å². The molecule has 0 aliphatic heterocycles. The standard InChI is InChI=1S/C14H15BrCl2N2O2/c1-8(2)5-18-6-9-7-20-14(19-9)21-13-4-11(16)10(15)3-12(13)17/h3-4,7-8,18H,5-6H2,1-2H3. The van der Waals surface area contributed by atoms with Crippen molar-refractivity contribution in [3.05, 3.63) is 38.6 Å². The molecule has 1 N–H and O–H groups in total. The molecule has 0 spiro atoms. The second-order valence-corrected chi connectivity index (χ2v) is 6.60. The van der Waals surface area contributed by atoms with Crippen LogP contribution in [-0.2, 0) is 6.54 Å². The molecule has 0 amide bonds. The van der Waals surface area contributed by atoms with Crippen molar-refractivity contribution in [1.82, 2.24) is 10.3 Å². The van der Waals surface area contributed by atoms with E-state index in [0.29, 0.717) is 32.7 Å². The van der Waals surface area contributed by atoms with Gasteiger partial charge in [0.15, 0.2) is 5.75 Å². The van der Waals surface area contributed by atoms with E-state index in [9.17, 15) is 0 Å². The minimum Gasteiger partial charge on any atom is -0.417 e. The molecule has 4 nitrogen and oxygen atoms in total. The van der Waals surface area contributed by atoms with Crippen LogP contribution in [-0.4, -0.2) is 11.5 Å². The van der Waals surface area contributed by atoms with Crippen molar-refractivity contribution in [1.29, 1.82) is 0 Å². The lowest BCUT2D eigenvalue weighted by Gasteiger charge is -2.05. The third-order valence-corrected chi connectivity index (χ3v) is 4.05. The Morgan fingerprint density at radius 1 is 1.33 bits per heavy atom. The summed E-state index contributed by atoms with van der Waals surface area (Å²) in [6, 6.07) is 3.27. The second-order valence-electron chi connectivity index (χ2n) is 4.93. The van der Waals surface area contributed by atoms with Gasteiger partial charge in [0.05, 0.1) is 15.7 Å². The second kappa shape index (κ2) is 7.49. The first-order valence-electron chi connectivity index (χ1n) is 6.43. The zero-order valence-corrected chi connectivity index (χ0v) is 14.7. The van der Waals surface area contributed by atoms with Crippen molar-refractivity contribution >= 4 is 39.1 Å². The molecule has 0 aliphatic rings. The first-order chi connectivity index (χ1) is 9.95. The number of halogens is 3. The molecular formula is C14H15BrCl2N2O2. The molecule has 0 unspecified atom stereocenters. The molecule has 0 saturated carbocycles. The Kier molecular flexibility index (Phi) is 5.93. The van der Waals surface area contributed by atoms with Gasteiger partial charge in [0.25, 0.3) is 0 Å². The Balaban J connectivity index is 2.01. The smallest absolute Gasteiger partial charge is 0.399 e. The summed E-state index contributed by atoms with van der Waals surface area (Å²) >= 11 is 15.4. The quantitative estimate of drug-likeness (QED) is 0.678. The SMILES string of the molecule is CC(C)CNCc1coc(Oc2cc(Cl)c(Br)cc2Cl)n1. The summed E-state index contributed by atoms with van der Waals surface area (Å²) in [5, 5.41) is 4.19. The van der Waals surface area contributed by atoms with Gasteiger partial charge in [0, 0.05) is 17.1 Å². The molecule has 21 heavy (non-hydrogen) atoms. The summed E-state index contributed by atoms with van der Waals surface area (Å²) in [7, 11) is 0. The van der Waals surface area contributed by atoms with Crippen LogP contribution in [0.4, 0.5) is 0 Å². The van der Waals surface area contributed by atoms with E-state index in [1.165, 1.54) is 0 Å². The molecular weight excluding hydrogens is 379 g/mol. The summed E-state index contributed by atoms with van der Waals surface area (Å²) < 4.78 is 11.5. The number of hydrogen-bond donors (Lipinski definition) is 1. The van der Waals surface area contributed by atoms with Gasteiger partial charge >= 0.3 is 6.08 Å². The van der Waals surface area contributed by atoms with Gasteiger partial charge in [-0.1, -0.05) is 37.0 Å². The van der Waals surface area contributed by atoms with Crippen LogP contribution in [0.15, 0.2) is 27.3 Å². The molecule has 0 saturated heterocycles. The first-order valence-corrected chi connectivity index (χ1v) is 7.98. The molecule has 7 heteroatoms. The van der Waals surface area contributed by atoms with E-state index in [-0.39, 0.29) is 6.08 Å². The van der Waals surface area contributed by atoms with Crippen LogP contribution in [0.5, 0.6) is 11.8 Å². The highest BCUT2D eigenvalue weighted by atomic mass is 79.9. The van der Waals surface area contributed by atoms with E-state index in [1.54, 1.807) is 18.4 Å². The summed E-state index contributed by atoms with van der Waals surface area (Å²) in [5.74, 6) is 0.977. The average Bonchev–Trinajstić information content (AvgIpc) is 2.83. The predicted molar refractivity (Wildman–Crippen MR) is 87.3 cm³/mol. The number of nitrogens with zero attached hydrogens (tertiary/aromatic N) is 1. The van der Waals surface area contributed by atoms with Crippen molar-refractivity contribution in [3.63, 3.8) is 0 Å². The van der Waals surface area contributed by atoms with E-state index in [2.05, 4.69) is 40.1 Å². The summed E-state index contributed by atoms with van der Waals surface area (Å²) in [4.78, 5) is 4.23. The van der Waals surface area contributed by atoms with E-state index in [4.69, 9.17) is 32.4 Å². The Morgan fingerprint density at radius 3 is 2.81 bits per heavy atom. The maximum absolute atomic E-state index is 6.08. The number of oxazole rings is 1. The monoisotopic (exact) mass is 392 g/mol. The molecule has 0 radical (unpaired) electrons. The number of nitrogens with one attached hydrogen (secondary N) is 1. The Labute approximate surface area is 141 Å². The van der Waals surface area contributed by atoms with Crippen LogP contribution in [0.1, 0.15) is 19.5 Å². The predicted octanol–water partition coefficient (Wildman–Crippen LogP) is 5.28. The molecule has 0 bridgehead atoms. The fraction of sp³-hybridized carbons (Fsp3) is 0.357. The fourth-order valence-electron chi connectivity index (χ4n) is 1.58. The van der Waals surface area contributed by atoms with E-state index >= 15 is 0 Å². The van der Waals surface area contributed by atoms with E-state index < -0.39 is 0 Å². The molecule has 0 aliphatic carbocycles. The van der Waals surface area contributed by atoms with Crippen LogP contribution in [0, 0.1) is 5.92 Å². The lowest BCUT2D eigenvalue weighted by atomic mass is 10.2. The number of rotatable bonds is 6. The molecule has 1 heterocycles. The Morgan fingerprint density at radius 2 is 2.10 bits per heavy atom. The van der Waals surface area contributed by atoms with Crippen molar-refractivity contribution in [2.24, 2.45) is 5.92 Å². The van der Waals surface area contributed by atoms with Gasteiger partial charge in [-0.2, -0.15) is 4.98 Å². The highest BCUT2D eigenvalue weighted by Crippen LogP contribution is 2.36. The lowest BCUT2D eigenvalue weighted by molar-refractivity contribution is 0.331. The van der Waals surface area contributed by atoms with Gasteiger partial charge in [0.1, 0.15) is 6.26 Å². The van der Waals surface area contributed by atoms with Crippen LogP contribution in [0.25, 0.3) is 0 Å². The van der Waals surface area contributed by atoms with Gasteiger partial charge in [-0.3, -0.25) is 0 Å². The molecule has 0 atom stereocenters.